The summed E-state index contributed by atoms with van der Waals surface area (Å²) >= 11 is 7.20. The summed E-state index contributed by atoms with van der Waals surface area (Å²) < 4.78 is 1.85. The molecule has 1 aromatic heterocycles. The van der Waals surface area contributed by atoms with Crippen molar-refractivity contribution in [1.29, 1.82) is 0 Å². The van der Waals surface area contributed by atoms with E-state index in [9.17, 15) is 4.79 Å². The van der Waals surface area contributed by atoms with E-state index in [-0.39, 0.29) is 11.2 Å². The molecule has 1 amide bonds. The van der Waals surface area contributed by atoms with E-state index in [0.717, 1.165) is 5.56 Å². The summed E-state index contributed by atoms with van der Waals surface area (Å²) in [6, 6.07) is 7.39. The second-order valence-electron chi connectivity index (χ2n) is 4.66. The van der Waals surface area contributed by atoms with Gasteiger partial charge in [0.25, 0.3) is 0 Å². The minimum absolute atomic E-state index is 0.0481. The van der Waals surface area contributed by atoms with Crippen molar-refractivity contribution in [3.8, 4) is 0 Å². The van der Waals surface area contributed by atoms with Gasteiger partial charge in [0, 0.05) is 18.1 Å². The molecule has 2 rings (SSSR count). The van der Waals surface area contributed by atoms with Crippen molar-refractivity contribution >= 4 is 29.3 Å². The molecule has 5 nitrogen and oxygen atoms in total. The van der Waals surface area contributed by atoms with Crippen LogP contribution >= 0.6 is 23.4 Å². The summed E-state index contributed by atoms with van der Waals surface area (Å²) in [5.41, 5.74) is 1.00. The van der Waals surface area contributed by atoms with E-state index in [0.29, 0.717) is 23.3 Å². The molecule has 0 saturated carbocycles. The van der Waals surface area contributed by atoms with Crippen LogP contribution in [0.2, 0.25) is 5.02 Å². The molecule has 1 heterocycles. The highest BCUT2D eigenvalue weighted by atomic mass is 35.5. The van der Waals surface area contributed by atoms with Crippen molar-refractivity contribution < 1.29 is 4.79 Å². The maximum absolute atomic E-state index is 12.1. The first-order chi connectivity index (χ1) is 10.6. The molecule has 0 saturated heterocycles. The number of allylic oxidation sites excluding steroid dienone is 1. The number of benzene rings is 1. The van der Waals surface area contributed by atoms with Crippen LogP contribution in [0, 0.1) is 0 Å². The highest BCUT2D eigenvalue weighted by molar-refractivity contribution is 8.00. The average Bonchev–Trinajstić information content (AvgIpc) is 2.94. The Balaban J connectivity index is 1.87. The highest BCUT2D eigenvalue weighted by Crippen LogP contribution is 2.21. The molecular formula is C15H17ClN4OS. The van der Waals surface area contributed by atoms with E-state index < -0.39 is 0 Å². The van der Waals surface area contributed by atoms with Gasteiger partial charge in [-0.25, -0.2) is 0 Å². The Morgan fingerprint density at radius 2 is 2.23 bits per heavy atom. The van der Waals surface area contributed by atoms with Crippen molar-refractivity contribution in [1.82, 2.24) is 20.1 Å². The highest BCUT2D eigenvalue weighted by Gasteiger charge is 2.17. The lowest BCUT2D eigenvalue weighted by Gasteiger charge is -2.12. The molecule has 2 aromatic rings. The number of nitrogens with one attached hydrogen (secondary N) is 1. The molecule has 1 atom stereocenters. The molecular weight excluding hydrogens is 320 g/mol. The Morgan fingerprint density at radius 3 is 2.91 bits per heavy atom. The van der Waals surface area contributed by atoms with Gasteiger partial charge in [0.1, 0.15) is 6.33 Å². The Hall–Kier alpha value is -1.79. The molecule has 0 aliphatic rings. The second-order valence-corrected chi connectivity index (χ2v) is 6.40. The predicted octanol–water partition coefficient (Wildman–Crippen LogP) is 2.91. The van der Waals surface area contributed by atoms with E-state index in [1.165, 1.54) is 11.8 Å². The van der Waals surface area contributed by atoms with Crippen LogP contribution in [0.15, 0.2) is 48.4 Å². The number of amides is 1. The number of thioether (sulfide) groups is 1. The van der Waals surface area contributed by atoms with Gasteiger partial charge in [-0.2, -0.15) is 0 Å². The van der Waals surface area contributed by atoms with E-state index in [1.54, 1.807) is 24.5 Å². The summed E-state index contributed by atoms with van der Waals surface area (Å²) in [5.74, 6) is -0.0481. The van der Waals surface area contributed by atoms with E-state index in [2.05, 4.69) is 22.1 Å². The van der Waals surface area contributed by atoms with Crippen LogP contribution in [0.3, 0.4) is 0 Å². The predicted molar refractivity (Wildman–Crippen MR) is 88.8 cm³/mol. The second kappa shape index (κ2) is 8.00. The molecule has 22 heavy (non-hydrogen) atoms. The summed E-state index contributed by atoms with van der Waals surface area (Å²) in [4.78, 5) is 12.1. The lowest BCUT2D eigenvalue weighted by molar-refractivity contribution is -0.120. The first kappa shape index (κ1) is 16.6. The quantitative estimate of drug-likeness (QED) is 0.624. The van der Waals surface area contributed by atoms with Crippen molar-refractivity contribution in [3.05, 3.63) is 53.8 Å². The summed E-state index contributed by atoms with van der Waals surface area (Å²) in [6.45, 7) is 6.62. The lowest BCUT2D eigenvalue weighted by atomic mass is 10.2. The van der Waals surface area contributed by atoms with Gasteiger partial charge in [0.15, 0.2) is 5.16 Å². The molecule has 0 aliphatic heterocycles. The largest absolute Gasteiger partial charge is 0.351 e. The molecule has 116 valence electrons. The fourth-order valence-corrected chi connectivity index (χ4v) is 2.73. The number of rotatable bonds is 7. The van der Waals surface area contributed by atoms with Gasteiger partial charge in [-0.05, 0) is 24.6 Å². The van der Waals surface area contributed by atoms with Gasteiger partial charge in [-0.1, -0.05) is 41.6 Å². The summed E-state index contributed by atoms with van der Waals surface area (Å²) in [5, 5.41) is 11.9. The first-order valence-corrected chi connectivity index (χ1v) is 8.03. The Bertz CT molecular complexity index is 641. The number of hydrogen-bond acceptors (Lipinski definition) is 4. The molecule has 0 radical (unpaired) electrons. The molecule has 7 heteroatoms. The normalized spacial score (nSPS) is 11.9. The van der Waals surface area contributed by atoms with Gasteiger partial charge in [-0.15, -0.1) is 16.8 Å². The first-order valence-electron chi connectivity index (χ1n) is 6.77. The third-order valence-electron chi connectivity index (χ3n) is 2.94. The maximum Gasteiger partial charge on any atom is 0.233 e. The third-order valence-corrected chi connectivity index (χ3v) is 4.28. The van der Waals surface area contributed by atoms with Crippen LogP contribution in [-0.2, 0) is 17.9 Å². The molecule has 0 bridgehead atoms. The van der Waals surface area contributed by atoms with Crippen molar-refractivity contribution in [2.45, 2.75) is 30.4 Å². The van der Waals surface area contributed by atoms with E-state index in [1.807, 2.05) is 23.6 Å². The van der Waals surface area contributed by atoms with Gasteiger partial charge in [-0.3, -0.25) is 4.79 Å². The van der Waals surface area contributed by atoms with Gasteiger partial charge in [0.05, 0.1) is 5.25 Å². The standard InChI is InChI=1S/C15H17ClN4OS/c1-3-8-20-10-18-19-15(20)22-11(2)14(21)17-9-12-4-6-13(16)7-5-12/h3-7,10-11H,1,8-9H2,2H3,(H,17,21)/t11-/m0/s1. The number of nitrogens with zero attached hydrogens (tertiary/aromatic N) is 3. The van der Waals surface area contributed by atoms with Crippen LogP contribution in [0.4, 0.5) is 0 Å². The molecule has 0 fully saturated rings. The minimum atomic E-state index is -0.264. The smallest absolute Gasteiger partial charge is 0.233 e. The average molecular weight is 337 g/mol. The Morgan fingerprint density at radius 1 is 1.50 bits per heavy atom. The molecule has 0 spiro atoms. The molecule has 0 aliphatic carbocycles. The number of halogens is 1. The van der Waals surface area contributed by atoms with Gasteiger partial charge >= 0.3 is 0 Å². The lowest BCUT2D eigenvalue weighted by Crippen LogP contribution is -2.30. The van der Waals surface area contributed by atoms with Crippen LogP contribution in [-0.4, -0.2) is 25.9 Å². The number of carbonyl (C=O) groups is 1. The van der Waals surface area contributed by atoms with Crippen LogP contribution in [0.25, 0.3) is 0 Å². The monoisotopic (exact) mass is 336 g/mol. The zero-order valence-electron chi connectivity index (χ0n) is 12.2. The van der Waals surface area contributed by atoms with Crippen molar-refractivity contribution in [2.75, 3.05) is 0 Å². The van der Waals surface area contributed by atoms with Crippen LogP contribution in [0.5, 0.6) is 0 Å². The number of carbonyl (C=O) groups excluding carboxylic acids is 1. The van der Waals surface area contributed by atoms with Crippen LogP contribution < -0.4 is 5.32 Å². The minimum Gasteiger partial charge on any atom is -0.351 e. The molecule has 1 aromatic carbocycles. The maximum atomic E-state index is 12.1. The Kier molecular flexibility index (Phi) is 6.03. The van der Waals surface area contributed by atoms with Crippen molar-refractivity contribution in [2.24, 2.45) is 0 Å². The number of aromatic nitrogens is 3. The fourth-order valence-electron chi connectivity index (χ4n) is 1.75. The topological polar surface area (TPSA) is 59.8 Å². The van der Waals surface area contributed by atoms with Crippen molar-refractivity contribution in [3.63, 3.8) is 0 Å². The SMILES string of the molecule is C=CCn1cnnc1S[C@@H](C)C(=O)NCc1ccc(Cl)cc1. The summed E-state index contributed by atoms with van der Waals surface area (Å²) in [7, 11) is 0. The van der Waals surface area contributed by atoms with Gasteiger partial charge < -0.3 is 9.88 Å². The summed E-state index contributed by atoms with van der Waals surface area (Å²) in [6.07, 6.45) is 3.39. The van der Waals surface area contributed by atoms with E-state index in [4.69, 9.17) is 11.6 Å². The fraction of sp³-hybridized carbons (Fsp3) is 0.267. The Labute approximate surface area is 138 Å². The van der Waals surface area contributed by atoms with E-state index >= 15 is 0 Å². The zero-order chi connectivity index (χ0) is 15.9. The third kappa shape index (κ3) is 4.61. The van der Waals surface area contributed by atoms with Gasteiger partial charge in [0.2, 0.25) is 5.91 Å². The zero-order valence-corrected chi connectivity index (χ0v) is 13.8. The molecule has 1 N–H and O–H groups in total. The number of hydrogen-bond donors (Lipinski definition) is 1. The molecule has 0 unspecified atom stereocenters. The van der Waals surface area contributed by atoms with Crippen LogP contribution in [0.1, 0.15) is 12.5 Å².